The standard InChI is InChI=1S/C27H27FN4O2/c1-34-27(33)22-7-5-20(6-8-22)19-32-12-10-24-25(9-11-29-26(24)32)31-15-13-30(14-16-31)18-21-3-2-4-23(28)17-21/h2-12,17H,13-16,18-19H2,1H3. The van der Waals surface area contributed by atoms with Crippen molar-refractivity contribution in [3.63, 3.8) is 0 Å². The molecule has 6 nitrogen and oxygen atoms in total. The maximum atomic E-state index is 13.5. The van der Waals surface area contributed by atoms with E-state index in [9.17, 15) is 9.18 Å². The second kappa shape index (κ2) is 9.65. The molecular weight excluding hydrogens is 431 g/mol. The Labute approximate surface area is 198 Å². The minimum atomic E-state index is -0.333. The Morgan fingerprint density at radius 3 is 2.50 bits per heavy atom. The molecule has 4 aromatic rings. The monoisotopic (exact) mass is 458 g/mol. The Balaban J connectivity index is 1.28. The van der Waals surface area contributed by atoms with Crippen LogP contribution in [-0.4, -0.2) is 53.7 Å². The second-order valence-electron chi connectivity index (χ2n) is 8.59. The molecule has 3 heterocycles. The van der Waals surface area contributed by atoms with Gasteiger partial charge in [0.1, 0.15) is 11.5 Å². The molecule has 0 saturated carbocycles. The maximum Gasteiger partial charge on any atom is 0.337 e. The number of esters is 1. The highest BCUT2D eigenvalue weighted by Gasteiger charge is 2.20. The van der Waals surface area contributed by atoms with Gasteiger partial charge in [0.2, 0.25) is 0 Å². The molecule has 5 rings (SSSR count). The van der Waals surface area contributed by atoms with E-state index in [1.165, 1.54) is 18.9 Å². The number of methoxy groups -OCH3 is 1. The number of anilines is 1. The summed E-state index contributed by atoms with van der Waals surface area (Å²) in [4.78, 5) is 21.1. The van der Waals surface area contributed by atoms with Gasteiger partial charge in [-0.15, -0.1) is 0 Å². The molecule has 0 radical (unpaired) electrons. The highest BCUT2D eigenvalue weighted by Crippen LogP contribution is 2.28. The van der Waals surface area contributed by atoms with Gasteiger partial charge in [-0.2, -0.15) is 0 Å². The quantitative estimate of drug-likeness (QED) is 0.403. The molecule has 0 aliphatic carbocycles. The van der Waals surface area contributed by atoms with E-state index in [1.54, 1.807) is 24.3 Å². The second-order valence-corrected chi connectivity index (χ2v) is 8.59. The zero-order valence-electron chi connectivity index (χ0n) is 19.2. The minimum absolute atomic E-state index is 0.181. The van der Waals surface area contributed by atoms with Gasteiger partial charge < -0.3 is 14.2 Å². The molecule has 0 N–H and O–H groups in total. The topological polar surface area (TPSA) is 50.6 Å². The molecule has 1 fully saturated rings. The number of rotatable bonds is 6. The molecule has 0 amide bonds. The molecule has 0 spiro atoms. The van der Waals surface area contributed by atoms with Crippen LogP contribution < -0.4 is 4.90 Å². The normalized spacial score (nSPS) is 14.5. The summed E-state index contributed by atoms with van der Waals surface area (Å²) in [6.45, 7) is 5.11. The first-order chi connectivity index (χ1) is 16.6. The molecule has 34 heavy (non-hydrogen) atoms. The van der Waals surface area contributed by atoms with Crippen molar-refractivity contribution < 1.29 is 13.9 Å². The van der Waals surface area contributed by atoms with E-state index in [0.29, 0.717) is 12.1 Å². The summed E-state index contributed by atoms with van der Waals surface area (Å²) >= 11 is 0. The molecule has 1 aliphatic heterocycles. The Morgan fingerprint density at radius 2 is 1.76 bits per heavy atom. The average Bonchev–Trinajstić information content (AvgIpc) is 3.27. The number of carbonyl (C=O) groups is 1. The molecule has 2 aromatic carbocycles. The van der Waals surface area contributed by atoms with Crippen molar-refractivity contribution in [2.75, 3.05) is 38.2 Å². The number of benzene rings is 2. The van der Waals surface area contributed by atoms with E-state index >= 15 is 0 Å². The van der Waals surface area contributed by atoms with Gasteiger partial charge in [0.15, 0.2) is 0 Å². The molecule has 1 saturated heterocycles. The van der Waals surface area contributed by atoms with Gasteiger partial charge in [-0.1, -0.05) is 24.3 Å². The van der Waals surface area contributed by atoms with Crippen LogP contribution in [0.5, 0.6) is 0 Å². The summed E-state index contributed by atoms with van der Waals surface area (Å²) in [5, 5.41) is 1.13. The Kier molecular flexibility index (Phi) is 6.27. The molecule has 2 aromatic heterocycles. The van der Waals surface area contributed by atoms with Crippen molar-refractivity contribution in [1.82, 2.24) is 14.5 Å². The number of pyridine rings is 1. The smallest absolute Gasteiger partial charge is 0.337 e. The van der Waals surface area contributed by atoms with Crippen molar-refractivity contribution in [2.24, 2.45) is 0 Å². The zero-order chi connectivity index (χ0) is 23.5. The Morgan fingerprint density at radius 1 is 0.971 bits per heavy atom. The number of fused-ring (bicyclic) bond motifs is 1. The van der Waals surface area contributed by atoms with Crippen molar-refractivity contribution in [3.05, 3.63) is 95.6 Å². The predicted octanol–water partition coefficient (Wildman–Crippen LogP) is 4.33. The zero-order valence-corrected chi connectivity index (χ0v) is 19.2. The van der Waals surface area contributed by atoms with Crippen molar-refractivity contribution in [2.45, 2.75) is 13.1 Å². The van der Waals surface area contributed by atoms with E-state index in [0.717, 1.165) is 54.9 Å². The largest absolute Gasteiger partial charge is 0.465 e. The molecule has 0 atom stereocenters. The van der Waals surface area contributed by atoms with Crippen LogP contribution in [-0.2, 0) is 17.8 Å². The van der Waals surface area contributed by atoms with E-state index in [-0.39, 0.29) is 11.8 Å². The van der Waals surface area contributed by atoms with Crippen LogP contribution in [0.25, 0.3) is 11.0 Å². The molecule has 1 aliphatic rings. The summed E-state index contributed by atoms with van der Waals surface area (Å²) in [7, 11) is 1.38. The fourth-order valence-corrected chi connectivity index (χ4v) is 4.58. The van der Waals surface area contributed by atoms with Crippen LogP contribution in [0.4, 0.5) is 10.1 Å². The minimum Gasteiger partial charge on any atom is -0.465 e. The van der Waals surface area contributed by atoms with Gasteiger partial charge in [0.25, 0.3) is 0 Å². The van der Waals surface area contributed by atoms with Gasteiger partial charge in [0, 0.05) is 62.7 Å². The first-order valence-electron chi connectivity index (χ1n) is 11.4. The van der Waals surface area contributed by atoms with Gasteiger partial charge in [-0.3, -0.25) is 4.90 Å². The van der Waals surface area contributed by atoms with E-state index in [4.69, 9.17) is 4.74 Å². The first kappa shape index (κ1) is 22.1. The van der Waals surface area contributed by atoms with Gasteiger partial charge in [-0.05, 0) is 47.5 Å². The average molecular weight is 459 g/mol. The molecule has 0 bridgehead atoms. The highest BCUT2D eigenvalue weighted by atomic mass is 19.1. The fourth-order valence-electron chi connectivity index (χ4n) is 4.58. The Bertz CT molecular complexity index is 1290. The van der Waals surface area contributed by atoms with Crippen LogP contribution in [0.1, 0.15) is 21.5 Å². The lowest BCUT2D eigenvalue weighted by molar-refractivity contribution is 0.0600. The van der Waals surface area contributed by atoms with Crippen molar-refractivity contribution >= 4 is 22.7 Å². The molecule has 0 unspecified atom stereocenters. The summed E-state index contributed by atoms with van der Waals surface area (Å²) in [5.41, 5.74) is 4.77. The van der Waals surface area contributed by atoms with Crippen LogP contribution >= 0.6 is 0 Å². The van der Waals surface area contributed by atoms with Crippen molar-refractivity contribution in [3.8, 4) is 0 Å². The van der Waals surface area contributed by atoms with E-state index in [2.05, 4.69) is 37.7 Å². The third-order valence-corrected chi connectivity index (χ3v) is 6.38. The van der Waals surface area contributed by atoms with Gasteiger partial charge in [-0.25, -0.2) is 14.2 Å². The first-order valence-corrected chi connectivity index (χ1v) is 11.4. The Hall–Kier alpha value is -3.71. The summed E-state index contributed by atoms with van der Waals surface area (Å²) in [5.74, 6) is -0.514. The maximum absolute atomic E-state index is 13.5. The van der Waals surface area contributed by atoms with Crippen molar-refractivity contribution in [1.29, 1.82) is 0 Å². The number of carbonyl (C=O) groups excluding carboxylic acids is 1. The number of ether oxygens (including phenoxy) is 1. The third-order valence-electron chi connectivity index (χ3n) is 6.38. The number of nitrogens with zero attached hydrogens (tertiary/aromatic N) is 4. The fraction of sp³-hybridized carbons (Fsp3) is 0.259. The van der Waals surface area contributed by atoms with Crippen LogP contribution in [0.3, 0.4) is 0 Å². The summed E-state index contributed by atoms with van der Waals surface area (Å²) in [6, 6.07) is 18.5. The molecule has 7 heteroatoms. The third kappa shape index (κ3) is 4.65. The number of piperazine rings is 1. The lowest BCUT2D eigenvalue weighted by atomic mass is 10.1. The molecular formula is C27H27FN4O2. The number of hydrogen-bond donors (Lipinski definition) is 0. The lowest BCUT2D eigenvalue weighted by Gasteiger charge is -2.36. The summed E-state index contributed by atoms with van der Waals surface area (Å²) in [6.07, 6.45) is 3.93. The van der Waals surface area contributed by atoms with Gasteiger partial charge in [0.05, 0.1) is 12.7 Å². The predicted molar refractivity (Wildman–Crippen MR) is 131 cm³/mol. The number of halogens is 1. The number of aromatic nitrogens is 2. The highest BCUT2D eigenvalue weighted by molar-refractivity contribution is 5.90. The van der Waals surface area contributed by atoms with Crippen LogP contribution in [0.15, 0.2) is 73.1 Å². The van der Waals surface area contributed by atoms with Crippen LogP contribution in [0.2, 0.25) is 0 Å². The lowest BCUT2D eigenvalue weighted by Crippen LogP contribution is -2.46. The summed E-state index contributed by atoms with van der Waals surface area (Å²) < 4.78 is 20.4. The van der Waals surface area contributed by atoms with Crippen LogP contribution in [0, 0.1) is 5.82 Å². The SMILES string of the molecule is COC(=O)c1ccc(Cn2ccc3c(N4CCN(Cc5cccc(F)c5)CC4)ccnc32)cc1. The number of hydrogen-bond acceptors (Lipinski definition) is 5. The van der Waals surface area contributed by atoms with Gasteiger partial charge >= 0.3 is 5.97 Å². The molecule has 174 valence electrons. The van der Waals surface area contributed by atoms with E-state index < -0.39 is 0 Å². The van der Waals surface area contributed by atoms with E-state index in [1.807, 2.05) is 24.4 Å².